The van der Waals surface area contributed by atoms with Crippen LogP contribution in [-0.4, -0.2) is 15.9 Å². The Morgan fingerprint density at radius 1 is 1.33 bits per heavy atom. The van der Waals surface area contributed by atoms with E-state index in [0.29, 0.717) is 16.3 Å². The van der Waals surface area contributed by atoms with Crippen molar-refractivity contribution in [1.82, 2.24) is 9.97 Å². The number of carbonyl (C=O) groups excluding carboxylic acids is 1. The molecule has 2 heterocycles. The van der Waals surface area contributed by atoms with Crippen molar-refractivity contribution in [3.05, 3.63) is 53.1 Å². The molecule has 2 aromatic heterocycles. The van der Waals surface area contributed by atoms with Gasteiger partial charge in [0.05, 0.1) is 22.5 Å². The Morgan fingerprint density at radius 3 is 2.78 bits per heavy atom. The largest absolute Gasteiger partial charge is 0.318 e. The Labute approximate surface area is 108 Å². The lowest BCUT2D eigenvalue weighted by atomic mass is 10.2. The van der Waals surface area contributed by atoms with Crippen molar-refractivity contribution in [1.29, 1.82) is 5.26 Å². The van der Waals surface area contributed by atoms with Gasteiger partial charge >= 0.3 is 0 Å². The molecule has 0 unspecified atom stereocenters. The van der Waals surface area contributed by atoms with E-state index in [-0.39, 0.29) is 5.69 Å². The van der Waals surface area contributed by atoms with Gasteiger partial charge in [-0.05, 0) is 18.2 Å². The third-order valence-electron chi connectivity index (χ3n) is 2.14. The number of aromatic nitrogens is 2. The summed E-state index contributed by atoms with van der Waals surface area (Å²) >= 11 is 5.89. The van der Waals surface area contributed by atoms with Crippen LogP contribution in [0.2, 0.25) is 5.02 Å². The van der Waals surface area contributed by atoms with Crippen molar-refractivity contribution < 1.29 is 4.79 Å². The zero-order chi connectivity index (χ0) is 13.0. The summed E-state index contributed by atoms with van der Waals surface area (Å²) in [6.45, 7) is 0. The zero-order valence-corrected chi connectivity index (χ0v) is 9.85. The Hall–Kier alpha value is -2.45. The van der Waals surface area contributed by atoms with Crippen molar-refractivity contribution in [2.24, 2.45) is 0 Å². The summed E-state index contributed by atoms with van der Waals surface area (Å²) in [5.41, 5.74) is 1.01. The molecular weight excluding hydrogens is 252 g/mol. The molecule has 18 heavy (non-hydrogen) atoms. The second-order valence-corrected chi connectivity index (χ2v) is 3.76. The van der Waals surface area contributed by atoms with Crippen LogP contribution in [0, 0.1) is 11.3 Å². The third kappa shape index (κ3) is 2.62. The lowest BCUT2D eigenvalue weighted by molar-refractivity contribution is 0.102. The number of hydrogen-bond donors (Lipinski definition) is 1. The highest BCUT2D eigenvalue weighted by molar-refractivity contribution is 6.33. The van der Waals surface area contributed by atoms with Crippen molar-refractivity contribution in [3.63, 3.8) is 0 Å². The first-order valence-corrected chi connectivity index (χ1v) is 5.35. The van der Waals surface area contributed by atoms with Crippen molar-refractivity contribution in [2.75, 3.05) is 5.32 Å². The van der Waals surface area contributed by atoms with Crippen molar-refractivity contribution in [3.8, 4) is 6.07 Å². The average Bonchev–Trinajstić information content (AvgIpc) is 2.41. The van der Waals surface area contributed by atoms with Gasteiger partial charge < -0.3 is 5.32 Å². The van der Waals surface area contributed by atoms with Gasteiger partial charge in [-0.1, -0.05) is 11.6 Å². The highest BCUT2D eigenvalue weighted by Gasteiger charge is 2.09. The van der Waals surface area contributed by atoms with Gasteiger partial charge in [-0.25, -0.2) is 4.98 Å². The van der Waals surface area contributed by atoms with E-state index >= 15 is 0 Å². The van der Waals surface area contributed by atoms with Crippen LogP contribution in [0.4, 0.5) is 5.69 Å². The fourth-order valence-corrected chi connectivity index (χ4v) is 1.40. The molecule has 0 spiro atoms. The van der Waals surface area contributed by atoms with Crippen LogP contribution in [0.25, 0.3) is 0 Å². The Balaban J connectivity index is 2.17. The lowest BCUT2D eigenvalue weighted by Gasteiger charge is -2.05. The molecule has 88 valence electrons. The molecule has 0 aliphatic heterocycles. The normalized spacial score (nSPS) is 9.56. The minimum atomic E-state index is -0.408. The maximum absolute atomic E-state index is 11.8. The predicted molar refractivity (Wildman–Crippen MR) is 66.2 cm³/mol. The van der Waals surface area contributed by atoms with Gasteiger partial charge in [0.25, 0.3) is 5.91 Å². The number of amides is 1. The van der Waals surface area contributed by atoms with Crippen LogP contribution in [0.1, 0.15) is 16.1 Å². The standard InChI is InChI=1S/C12H7ClN4O/c13-9-3-4-15-7-11(9)17-12(18)10-2-1-8(5-14)6-16-10/h1-4,6-7H,(H,17,18). The molecule has 1 amide bonds. The van der Waals surface area contributed by atoms with E-state index in [4.69, 9.17) is 16.9 Å². The quantitative estimate of drug-likeness (QED) is 0.896. The van der Waals surface area contributed by atoms with Gasteiger partial charge in [0.2, 0.25) is 0 Å². The van der Waals surface area contributed by atoms with Crippen molar-refractivity contribution >= 4 is 23.2 Å². The second kappa shape index (κ2) is 5.25. The van der Waals surface area contributed by atoms with E-state index in [1.165, 1.54) is 30.7 Å². The summed E-state index contributed by atoms with van der Waals surface area (Å²) in [4.78, 5) is 19.6. The summed E-state index contributed by atoms with van der Waals surface area (Å²) in [6, 6.07) is 6.49. The number of hydrogen-bond acceptors (Lipinski definition) is 4. The number of nitrogens with one attached hydrogen (secondary N) is 1. The number of halogens is 1. The molecule has 0 fully saturated rings. The van der Waals surface area contributed by atoms with Gasteiger partial charge in [-0.2, -0.15) is 5.26 Å². The predicted octanol–water partition coefficient (Wildman–Crippen LogP) is 2.25. The molecule has 2 aromatic rings. The van der Waals surface area contributed by atoms with Gasteiger partial charge in [-0.15, -0.1) is 0 Å². The van der Waals surface area contributed by atoms with E-state index in [9.17, 15) is 4.79 Å². The lowest BCUT2D eigenvalue weighted by Crippen LogP contribution is -2.14. The molecule has 6 heteroatoms. The van der Waals surface area contributed by atoms with E-state index in [0.717, 1.165) is 0 Å². The van der Waals surface area contributed by atoms with E-state index in [1.54, 1.807) is 6.07 Å². The maximum Gasteiger partial charge on any atom is 0.274 e. The smallest absolute Gasteiger partial charge is 0.274 e. The minimum absolute atomic E-state index is 0.203. The topological polar surface area (TPSA) is 78.7 Å². The van der Waals surface area contributed by atoms with Crippen LogP contribution >= 0.6 is 11.6 Å². The number of nitrogens with zero attached hydrogens (tertiary/aromatic N) is 3. The Bertz CT molecular complexity index is 619. The number of pyridine rings is 2. The number of carbonyl (C=O) groups is 1. The van der Waals surface area contributed by atoms with E-state index < -0.39 is 5.91 Å². The molecule has 0 saturated carbocycles. The molecule has 0 aliphatic carbocycles. The molecule has 0 radical (unpaired) electrons. The Kier molecular flexibility index (Phi) is 3.51. The molecule has 0 aliphatic rings. The highest BCUT2D eigenvalue weighted by Crippen LogP contribution is 2.19. The Morgan fingerprint density at radius 2 is 2.17 bits per heavy atom. The molecule has 2 rings (SSSR count). The molecule has 0 bridgehead atoms. The highest BCUT2D eigenvalue weighted by atomic mass is 35.5. The second-order valence-electron chi connectivity index (χ2n) is 3.35. The molecule has 0 atom stereocenters. The number of rotatable bonds is 2. The fraction of sp³-hybridized carbons (Fsp3) is 0. The van der Waals surface area contributed by atoms with Crippen molar-refractivity contribution in [2.45, 2.75) is 0 Å². The maximum atomic E-state index is 11.8. The summed E-state index contributed by atoms with van der Waals surface area (Å²) in [6.07, 6.45) is 4.31. The van der Waals surface area contributed by atoms with Crippen LogP contribution in [0.5, 0.6) is 0 Å². The van der Waals surface area contributed by atoms with Gasteiger partial charge in [-0.3, -0.25) is 9.78 Å². The minimum Gasteiger partial charge on any atom is -0.318 e. The summed E-state index contributed by atoms with van der Waals surface area (Å²) in [5, 5.41) is 11.6. The molecule has 1 N–H and O–H groups in total. The van der Waals surface area contributed by atoms with Crippen LogP contribution in [-0.2, 0) is 0 Å². The fourth-order valence-electron chi connectivity index (χ4n) is 1.25. The van der Waals surface area contributed by atoms with E-state index in [1.807, 2.05) is 6.07 Å². The average molecular weight is 259 g/mol. The van der Waals surface area contributed by atoms with Gasteiger partial charge in [0.15, 0.2) is 0 Å². The third-order valence-corrected chi connectivity index (χ3v) is 2.47. The van der Waals surface area contributed by atoms with Gasteiger partial charge in [0, 0.05) is 12.4 Å². The number of anilines is 1. The summed E-state index contributed by atoms with van der Waals surface area (Å²) in [7, 11) is 0. The monoisotopic (exact) mass is 258 g/mol. The molecule has 0 aromatic carbocycles. The summed E-state index contributed by atoms with van der Waals surface area (Å²) in [5.74, 6) is -0.408. The first-order valence-electron chi connectivity index (χ1n) is 4.97. The summed E-state index contributed by atoms with van der Waals surface area (Å²) < 4.78 is 0. The molecule has 0 saturated heterocycles. The first-order chi connectivity index (χ1) is 8.70. The van der Waals surface area contributed by atoms with Gasteiger partial charge in [0.1, 0.15) is 11.8 Å². The first kappa shape index (κ1) is 12.0. The van der Waals surface area contributed by atoms with Crippen LogP contribution < -0.4 is 5.32 Å². The zero-order valence-electron chi connectivity index (χ0n) is 9.09. The SMILES string of the molecule is N#Cc1ccc(C(=O)Nc2cnccc2Cl)nc1. The number of nitriles is 1. The van der Waals surface area contributed by atoms with E-state index in [2.05, 4.69) is 15.3 Å². The molecular formula is C12H7ClN4O. The van der Waals surface area contributed by atoms with Crippen LogP contribution in [0.15, 0.2) is 36.8 Å². The molecule has 5 nitrogen and oxygen atoms in total. The van der Waals surface area contributed by atoms with Crippen LogP contribution in [0.3, 0.4) is 0 Å².